The lowest BCUT2D eigenvalue weighted by Gasteiger charge is -2.47. The summed E-state index contributed by atoms with van der Waals surface area (Å²) in [6, 6.07) is 15.5. The number of amides is 2. The number of aliphatic hydroxyl groups is 2. The zero-order valence-electron chi connectivity index (χ0n) is 19.0. The first-order valence-electron chi connectivity index (χ1n) is 11.3. The second kappa shape index (κ2) is 10.0. The number of benzene rings is 2. The van der Waals surface area contributed by atoms with Crippen LogP contribution in [0.15, 0.2) is 48.5 Å². The van der Waals surface area contributed by atoms with E-state index >= 15 is 0 Å². The van der Waals surface area contributed by atoms with Gasteiger partial charge >= 0.3 is 6.03 Å². The van der Waals surface area contributed by atoms with E-state index < -0.39 is 0 Å². The van der Waals surface area contributed by atoms with Crippen LogP contribution in [0.2, 0.25) is 0 Å². The molecule has 0 aromatic heterocycles. The first kappa shape index (κ1) is 22.7. The van der Waals surface area contributed by atoms with E-state index in [4.69, 9.17) is 0 Å². The molecule has 172 valence electrons. The maximum Gasteiger partial charge on any atom is 0.321 e. The Kier molecular flexibility index (Phi) is 7.10. The molecule has 2 saturated heterocycles. The van der Waals surface area contributed by atoms with Gasteiger partial charge in [-0.25, -0.2) is 4.79 Å². The summed E-state index contributed by atoms with van der Waals surface area (Å²) < 4.78 is 0. The van der Waals surface area contributed by atoms with Gasteiger partial charge in [-0.3, -0.25) is 0 Å². The van der Waals surface area contributed by atoms with Crippen LogP contribution in [0.25, 0.3) is 0 Å². The Morgan fingerprint density at radius 3 is 1.56 bits per heavy atom. The van der Waals surface area contributed by atoms with Crippen LogP contribution in [0.1, 0.15) is 34.3 Å². The highest BCUT2D eigenvalue weighted by Gasteiger charge is 2.38. The largest absolute Gasteiger partial charge is 0.392 e. The summed E-state index contributed by atoms with van der Waals surface area (Å²) in [6.45, 7) is 4.28. The van der Waals surface area contributed by atoms with E-state index in [1.54, 1.807) is 0 Å². The first-order chi connectivity index (χ1) is 15.5. The van der Waals surface area contributed by atoms with Crippen molar-refractivity contribution in [3.63, 3.8) is 0 Å². The fourth-order valence-corrected chi connectivity index (χ4v) is 5.00. The van der Waals surface area contributed by atoms with Crippen molar-refractivity contribution in [2.45, 2.75) is 25.3 Å². The summed E-state index contributed by atoms with van der Waals surface area (Å²) in [5.74, 6) is 0. The minimum atomic E-state index is -0.113. The third-order valence-corrected chi connectivity index (χ3v) is 6.83. The van der Waals surface area contributed by atoms with E-state index in [2.05, 4.69) is 23.9 Å². The van der Waals surface area contributed by atoms with Crippen LogP contribution >= 0.6 is 0 Å². The molecule has 32 heavy (non-hydrogen) atoms. The minimum Gasteiger partial charge on any atom is -0.392 e. The van der Waals surface area contributed by atoms with Crippen LogP contribution in [0.5, 0.6) is 0 Å². The van der Waals surface area contributed by atoms with Crippen LogP contribution in [-0.2, 0) is 13.2 Å². The average Bonchev–Trinajstić information content (AvgIpc) is 2.83. The molecule has 7 heteroatoms. The molecule has 0 spiro atoms. The molecule has 2 atom stereocenters. The number of urea groups is 1. The van der Waals surface area contributed by atoms with Crippen molar-refractivity contribution in [2.24, 2.45) is 0 Å². The number of carbonyl (C=O) groups excluding carboxylic acids is 1. The van der Waals surface area contributed by atoms with E-state index in [-0.39, 0.29) is 31.3 Å². The van der Waals surface area contributed by atoms with Crippen LogP contribution < -0.4 is 0 Å². The molecular formula is C25H34N4O3. The maximum atomic E-state index is 14.0. The van der Waals surface area contributed by atoms with Crippen molar-refractivity contribution in [3.05, 3.63) is 70.8 Å². The molecule has 0 saturated carbocycles. The van der Waals surface area contributed by atoms with Gasteiger partial charge in [0, 0.05) is 39.3 Å². The number of nitrogens with zero attached hydrogens (tertiary/aromatic N) is 4. The molecule has 2 aromatic carbocycles. The van der Waals surface area contributed by atoms with Crippen molar-refractivity contribution in [3.8, 4) is 0 Å². The maximum absolute atomic E-state index is 14.0. The quantitative estimate of drug-likeness (QED) is 0.765. The van der Waals surface area contributed by atoms with E-state index in [1.165, 1.54) is 0 Å². The van der Waals surface area contributed by atoms with Gasteiger partial charge < -0.3 is 29.8 Å². The van der Waals surface area contributed by atoms with Crippen LogP contribution in [0.4, 0.5) is 4.79 Å². The Bertz CT molecular complexity index is 863. The number of piperazine rings is 2. The highest BCUT2D eigenvalue weighted by molar-refractivity contribution is 5.76. The third-order valence-electron chi connectivity index (χ3n) is 6.83. The smallest absolute Gasteiger partial charge is 0.321 e. The van der Waals surface area contributed by atoms with Crippen LogP contribution in [-0.4, -0.2) is 89.2 Å². The zero-order chi connectivity index (χ0) is 22.7. The van der Waals surface area contributed by atoms with Gasteiger partial charge in [0.15, 0.2) is 0 Å². The molecule has 0 aliphatic carbocycles. The molecule has 2 heterocycles. The summed E-state index contributed by atoms with van der Waals surface area (Å²) in [7, 11) is 4.15. The lowest BCUT2D eigenvalue weighted by atomic mass is 9.96. The molecule has 2 N–H and O–H groups in total. The van der Waals surface area contributed by atoms with Crippen LogP contribution in [0.3, 0.4) is 0 Å². The van der Waals surface area contributed by atoms with E-state index in [1.807, 2.05) is 58.3 Å². The molecule has 2 unspecified atom stereocenters. The van der Waals surface area contributed by atoms with Gasteiger partial charge in [-0.05, 0) is 36.3 Å². The monoisotopic (exact) mass is 438 g/mol. The van der Waals surface area contributed by atoms with Crippen molar-refractivity contribution in [1.82, 2.24) is 19.6 Å². The van der Waals surface area contributed by atoms with Gasteiger partial charge in [0.1, 0.15) is 0 Å². The summed E-state index contributed by atoms with van der Waals surface area (Å²) in [6.07, 6.45) is 0. The number of carbonyl (C=O) groups is 1. The average molecular weight is 439 g/mol. The minimum absolute atomic E-state index is 0.0293. The highest BCUT2D eigenvalue weighted by Crippen LogP contribution is 2.33. The molecule has 4 rings (SSSR count). The van der Waals surface area contributed by atoms with Gasteiger partial charge in [-0.2, -0.15) is 0 Å². The van der Waals surface area contributed by atoms with Gasteiger partial charge in [0.2, 0.25) is 0 Å². The van der Waals surface area contributed by atoms with Gasteiger partial charge in [0.05, 0.1) is 25.3 Å². The molecule has 7 nitrogen and oxygen atoms in total. The molecule has 2 aromatic rings. The zero-order valence-corrected chi connectivity index (χ0v) is 19.0. The van der Waals surface area contributed by atoms with E-state index in [0.717, 1.165) is 48.4 Å². The third kappa shape index (κ3) is 4.52. The topological polar surface area (TPSA) is 70.5 Å². The predicted octanol–water partition coefficient (Wildman–Crippen LogP) is 2.07. The van der Waals surface area contributed by atoms with Crippen molar-refractivity contribution >= 4 is 6.03 Å². The standard InChI is InChI=1S/C25H34N4O3/c1-26-11-13-28(23(15-26)21-9-5-3-7-19(21)17-30)25(32)29-14-12-27(2)16-24(29)22-10-6-4-8-20(22)18-31/h3-10,23-24,30-31H,11-18H2,1-2H3. The first-order valence-corrected chi connectivity index (χ1v) is 11.3. The number of hydrogen-bond donors (Lipinski definition) is 2. The Hall–Kier alpha value is -2.45. The van der Waals surface area contributed by atoms with Gasteiger partial charge in [-0.1, -0.05) is 48.5 Å². The molecular weight excluding hydrogens is 404 g/mol. The molecule has 2 aliphatic heterocycles. The van der Waals surface area contributed by atoms with Gasteiger partial charge in [-0.15, -0.1) is 0 Å². The number of rotatable bonds is 4. The normalized spacial score (nSPS) is 22.9. The summed E-state index contributed by atoms with van der Waals surface area (Å²) in [5, 5.41) is 19.8. The fourth-order valence-electron chi connectivity index (χ4n) is 5.00. The Morgan fingerprint density at radius 1 is 0.750 bits per heavy atom. The van der Waals surface area contributed by atoms with E-state index in [0.29, 0.717) is 13.1 Å². The van der Waals surface area contributed by atoms with Gasteiger partial charge in [0.25, 0.3) is 0 Å². The second-order valence-electron chi connectivity index (χ2n) is 8.94. The number of hydrogen-bond acceptors (Lipinski definition) is 5. The lowest BCUT2D eigenvalue weighted by molar-refractivity contribution is 0.0508. The molecule has 2 amide bonds. The lowest BCUT2D eigenvalue weighted by Crippen LogP contribution is -2.58. The number of aliphatic hydroxyl groups excluding tert-OH is 2. The second-order valence-corrected chi connectivity index (χ2v) is 8.94. The summed E-state index contributed by atoms with van der Waals surface area (Å²) in [5.41, 5.74) is 3.75. The summed E-state index contributed by atoms with van der Waals surface area (Å²) >= 11 is 0. The fraction of sp³-hybridized carbons (Fsp3) is 0.480. The Balaban J connectivity index is 1.68. The SMILES string of the molecule is CN1CCN(C(=O)N2CCN(C)CC2c2ccccc2CO)C(c2ccccc2CO)C1. The molecule has 2 aliphatic rings. The van der Waals surface area contributed by atoms with Crippen molar-refractivity contribution in [1.29, 1.82) is 0 Å². The molecule has 0 bridgehead atoms. The van der Waals surface area contributed by atoms with Crippen LogP contribution in [0, 0.1) is 0 Å². The Labute approximate surface area is 190 Å². The van der Waals surface area contributed by atoms with Crippen molar-refractivity contribution in [2.75, 3.05) is 53.4 Å². The Morgan fingerprint density at radius 2 is 1.16 bits per heavy atom. The predicted molar refractivity (Wildman–Crippen MR) is 124 cm³/mol. The van der Waals surface area contributed by atoms with Crippen molar-refractivity contribution < 1.29 is 15.0 Å². The summed E-state index contributed by atoms with van der Waals surface area (Å²) in [4.78, 5) is 22.5. The number of likely N-dealkylation sites (N-methyl/N-ethyl adjacent to an activating group) is 2. The highest BCUT2D eigenvalue weighted by atomic mass is 16.3. The van der Waals surface area contributed by atoms with E-state index in [9.17, 15) is 15.0 Å². The molecule has 0 radical (unpaired) electrons. The molecule has 2 fully saturated rings.